The minimum Gasteiger partial charge on any atom is -0.496 e. The molecule has 0 saturated heterocycles. The molecule has 0 aliphatic carbocycles. The Morgan fingerprint density at radius 3 is 2.39 bits per heavy atom. The molecule has 0 spiro atoms. The van der Waals surface area contributed by atoms with Crippen LogP contribution < -0.4 is 14.8 Å². The third-order valence-corrected chi connectivity index (χ3v) is 3.44. The van der Waals surface area contributed by atoms with Gasteiger partial charge in [-0.15, -0.1) is 0 Å². The Morgan fingerprint density at radius 1 is 1.13 bits per heavy atom. The van der Waals surface area contributed by atoms with Crippen molar-refractivity contribution in [3.8, 4) is 11.5 Å². The van der Waals surface area contributed by atoms with Gasteiger partial charge in [-0.1, -0.05) is 12.1 Å². The predicted octanol–water partition coefficient (Wildman–Crippen LogP) is 3.96. The monoisotopic (exact) mass is 323 g/mol. The summed E-state index contributed by atoms with van der Waals surface area (Å²) in [4.78, 5) is 0. The van der Waals surface area contributed by atoms with Gasteiger partial charge >= 0.3 is 6.61 Å². The van der Waals surface area contributed by atoms with Crippen LogP contribution in [0.3, 0.4) is 0 Å². The van der Waals surface area contributed by atoms with Crippen LogP contribution in [0.4, 0.5) is 14.5 Å². The predicted molar refractivity (Wildman–Crippen MR) is 84.0 cm³/mol. The standard InChI is InChI=1S/C17H19F2NO3/c1-11(12-3-6-15(7-4-12)23-17(18)19)20-14-5-8-16(22-2)13(9-14)10-21/h3-9,11,17,20-21H,10H2,1-2H3. The van der Waals surface area contributed by atoms with Gasteiger partial charge in [-0.3, -0.25) is 0 Å². The molecule has 0 aliphatic heterocycles. The maximum absolute atomic E-state index is 12.1. The molecule has 0 heterocycles. The lowest BCUT2D eigenvalue weighted by atomic mass is 10.1. The number of aliphatic hydroxyl groups excluding tert-OH is 1. The summed E-state index contributed by atoms with van der Waals surface area (Å²) in [5.74, 6) is 0.752. The van der Waals surface area contributed by atoms with Crippen LogP contribution in [0.1, 0.15) is 24.1 Å². The lowest BCUT2D eigenvalue weighted by Crippen LogP contribution is -2.07. The van der Waals surface area contributed by atoms with E-state index in [4.69, 9.17) is 4.74 Å². The van der Waals surface area contributed by atoms with Crippen LogP contribution in [0.15, 0.2) is 42.5 Å². The number of aliphatic hydroxyl groups is 1. The summed E-state index contributed by atoms with van der Waals surface area (Å²) < 4.78 is 33.8. The van der Waals surface area contributed by atoms with Crippen molar-refractivity contribution in [3.63, 3.8) is 0 Å². The Labute approximate surface area is 133 Å². The summed E-state index contributed by atoms with van der Waals surface area (Å²) in [6, 6.07) is 11.9. The number of methoxy groups -OCH3 is 1. The fourth-order valence-corrected chi connectivity index (χ4v) is 2.26. The molecular formula is C17H19F2NO3. The summed E-state index contributed by atoms with van der Waals surface area (Å²) in [6.07, 6.45) is 0. The molecule has 6 heteroatoms. The number of hydrogen-bond acceptors (Lipinski definition) is 4. The molecule has 1 unspecified atom stereocenters. The first-order chi connectivity index (χ1) is 11.0. The van der Waals surface area contributed by atoms with Gasteiger partial charge in [0.1, 0.15) is 11.5 Å². The number of nitrogens with one attached hydrogen (secondary N) is 1. The van der Waals surface area contributed by atoms with Crippen molar-refractivity contribution in [1.29, 1.82) is 0 Å². The summed E-state index contributed by atoms with van der Waals surface area (Å²) in [6.45, 7) is -0.994. The third-order valence-electron chi connectivity index (χ3n) is 3.44. The minimum atomic E-state index is -2.83. The molecule has 23 heavy (non-hydrogen) atoms. The van der Waals surface area contributed by atoms with Gasteiger partial charge < -0.3 is 19.9 Å². The van der Waals surface area contributed by atoms with Crippen LogP contribution in [0.2, 0.25) is 0 Å². The minimum absolute atomic E-state index is 0.0458. The highest BCUT2D eigenvalue weighted by molar-refractivity contribution is 5.52. The molecule has 4 nitrogen and oxygen atoms in total. The maximum atomic E-state index is 12.1. The second-order valence-corrected chi connectivity index (χ2v) is 5.00. The van der Waals surface area contributed by atoms with E-state index >= 15 is 0 Å². The van der Waals surface area contributed by atoms with Crippen molar-refractivity contribution in [2.45, 2.75) is 26.2 Å². The fraction of sp³-hybridized carbons (Fsp3) is 0.294. The van der Waals surface area contributed by atoms with Gasteiger partial charge in [0.05, 0.1) is 13.7 Å². The number of rotatable bonds is 7. The molecule has 1 atom stereocenters. The highest BCUT2D eigenvalue weighted by Gasteiger charge is 2.09. The van der Waals surface area contributed by atoms with E-state index < -0.39 is 6.61 Å². The van der Waals surface area contributed by atoms with Gasteiger partial charge in [-0.2, -0.15) is 8.78 Å². The maximum Gasteiger partial charge on any atom is 0.387 e. The van der Waals surface area contributed by atoms with Crippen molar-refractivity contribution >= 4 is 5.69 Å². The largest absolute Gasteiger partial charge is 0.496 e. The quantitative estimate of drug-likeness (QED) is 0.810. The number of benzene rings is 2. The van der Waals surface area contributed by atoms with E-state index in [0.29, 0.717) is 11.3 Å². The zero-order valence-corrected chi connectivity index (χ0v) is 12.9. The van der Waals surface area contributed by atoms with E-state index in [9.17, 15) is 13.9 Å². The number of anilines is 1. The van der Waals surface area contributed by atoms with E-state index in [-0.39, 0.29) is 18.4 Å². The van der Waals surface area contributed by atoms with Gasteiger partial charge in [-0.25, -0.2) is 0 Å². The third kappa shape index (κ3) is 4.56. The molecule has 2 aromatic carbocycles. The SMILES string of the molecule is COc1ccc(NC(C)c2ccc(OC(F)F)cc2)cc1CO. The van der Waals surface area contributed by atoms with Crippen molar-refractivity contribution in [2.24, 2.45) is 0 Å². The zero-order chi connectivity index (χ0) is 16.8. The Bertz CT molecular complexity index is 632. The van der Waals surface area contributed by atoms with Crippen LogP contribution >= 0.6 is 0 Å². The van der Waals surface area contributed by atoms with Crippen LogP contribution in [0.5, 0.6) is 11.5 Å². The lowest BCUT2D eigenvalue weighted by molar-refractivity contribution is -0.0498. The van der Waals surface area contributed by atoms with Crippen molar-refractivity contribution in [1.82, 2.24) is 0 Å². The van der Waals surface area contributed by atoms with Crippen LogP contribution in [0, 0.1) is 0 Å². The van der Waals surface area contributed by atoms with Gasteiger partial charge in [0, 0.05) is 17.3 Å². The van der Waals surface area contributed by atoms with Gasteiger partial charge in [0.2, 0.25) is 0 Å². The molecule has 2 aromatic rings. The Hall–Kier alpha value is -2.34. The molecule has 0 fully saturated rings. The van der Waals surface area contributed by atoms with E-state index in [2.05, 4.69) is 10.1 Å². The van der Waals surface area contributed by atoms with Gasteiger partial charge in [-0.05, 0) is 42.8 Å². The highest BCUT2D eigenvalue weighted by Crippen LogP contribution is 2.26. The Balaban J connectivity index is 2.07. The molecule has 0 radical (unpaired) electrons. The van der Waals surface area contributed by atoms with Crippen molar-refractivity contribution in [3.05, 3.63) is 53.6 Å². The molecule has 0 bridgehead atoms. The lowest BCUT2D eigenvalue weighted by Gasteiger charge is -2.17. The average molecular weight is 323 g/mol. The van der Waals surface area contributed by atoms with E-state index in [1.165, 1.54) is 12.1 Å². The topological polar surface area (TPSA) is 50.7 Å². The normalized spacial score (nSPS) is 12.1. The van der Waals surface area contributed by atoms with Crippen LogP contribution in [0.25, 0.3) is 0 Å². The van der Waals surface area contributed by atoms with Crippen molar-refractivity contribution in [2.75, 3.05) is 12.4 Å². The molecule has 2 rings (SSSR count). The Kier molecular flexibility index (Phi) is 5.76. The first-order valence-corrected chi connectivity index (χ1v) is 7.12. The van der Waals surface area contributed by atoms with Gasteiger partial charge in [0.15, 0.2) is 0 Å². The van der Waals surface area contributed by atoms with Crippen molar-refractivity contribution < 1.29 is 23.4 Å². The van der Waals surface area contributed by atoms with Crippen LogP contribution in [-0.2, 0) is 6.61 Å². The summed E-state index contributed by atoms with van der Waals surface area (Å²) >= 11 is 0. The first-order valence-electron chi connectivity index (χ1n) is 7.12. The summed E-state index contributed by atoms with van der Waals surface area (Å²) in [7, 11) is 1.55. The molecule has 124 valence electrons. The smallest absolute Gasteiger partial charge is 0.387 e. The zero-order valence-electron chi connectivity index (χ0n) is 12.9. The Morgan fingerprint density at radius 2 is 1.83 bits per heavy atom. The second-order valence-electron chi connectivity index (χ2n) is 5.00. The first kappa shape index (κ1) is 17.0. The van der Waals surface area contributed by atoms with E-state index in [1.807, 2.05) is 19.1 Å². The van der Waals surface area contributed by atoms with Gasteiger partial charge in [0.25, 0.3) is 0 Å². The van der Waals surface area contributed by atoms with Crippen LogP contribution in [-0.4, -0.2) is 18.8 Å². The number of alkyl halides is 2. The number of halogens is 2. The molecule has 0 saturated carbocycles. The molecule has 0 aromatic heterocycles. The molecule has 0 aliphatic rings. The average Bonchev–Trinajstić information content (AvgIpc) is 2.54. The van der Waals surface area contributed by atoms with E-state index in [0.717, 1.165) is 11.3 Å². The molecular weight excluding hydrogens is 304 g/mol. The summed E-state index contributed by atoms with van der Waals surface area (Å²) in [5, 5.41) is 12.6. The second kappa shape index (κ2) is 7.78. The molecule has 2 N–H and O–H groups in total. The number of hydrogen-bond donors (Lipinski definition) is 2. The fourth-order valence-electron chi connectivity index (χ4n) is 2.26. The highest BCUT2D eigenvalue weighted by atomic mass is 19.3. The van der Waals surface area contributed by atoms with E-state index in [1.54, 1.807) is 25.3 Å². The number of ether oxygens (including phenoxy) is 2. The summed E-state index contributed by atoms with van der Waals surface area (Å²) in [5.41, 5.74) is 2.44. The molecule has 0 amide bonds.